The van der Waals surface area contributed by atoms with Crippen LogP contribution >= 0.6 is 0 Å². The number of amides is 2. The van der Waals surface area contributed by atoms with Gasteiger partial charge in [0, 0.05) is 56.6 Å². The molecular formula is C33H36FN5O4. The van der Waals surface area contributed by atoms with Gasteiger partial charge < -0.3 is 25.2 Å². The quantitative estimate of drug-likeness (QED) is 0.289. The molecule has 43 heavy (non-hydrogen) atoms. The molecule has 0 atom stereocenters. The van der Waals surface area contributed by atoms with E-state index in [9.17, 15) is 18.8 Å². The lowest BCUT2D eigenvalue weighted by Gasteiger charge is -2.32. The highest BCUT2D eigenvalue weighted by molar-refractivity contribution is 6.37. The maximum Gasteiger partial charge on any atom is 0.305 e. The molecule has 10 heteroatoms. The van der Waals surface area contributed by atoms with Crippen LogP contribution in [0.4, 0.5) is 21.5 Å². The predicted molar refractivity (Wildman–Crippen MR) is 166 cm³/mol. The fraction of sp³-hybridized carbons (Fsp3) is 0.303. The number of carbonyl (C=O) groups is 3. The Morgan fingerprint density at radius 1 is 1.02 bits per heavy atom. The number of hydrogen-bond acceptors (Lipinski definition) is 7. The smallest absolute Gasteiger partial charge is 0.305 e. The molecule has 0 aliphatic carbocycles. The van der Waals surface area contributed by atoms with E-state index in [2.05, 4.69) is 27.5 Å². The van der Waals surface area contributed by atoms with E-state index in [1.807, 2.05) is 48.5 Å². The number of halogens is 1. The van der Waals surface area contributed by atoms with Crippen molar-refractivity contribution in [2.24, 2.45) is 0 Å². The third-order valence-electron chi connectivity index (χ3n) is 7.89. The summed E-state index contributed by atoms with van der Waals surface area (Å²) in [5.74, 6) is -1.08. The Kier molecular flexibility index (Phi) is 9.18. The molecule has 2 aliphatic heterocycles. The second-order valence-electron chi connectivity index (χ2n) is 10.9. The van der Waals surface area contributed by atoms with Gasteiger partial charge in [-0.3, -0.25) is 19.3 Å². The van der Waals surface area contributed by atoms with Gasteiger partial charge in [0.25, 0.3) is 5.91 Å². The summed E-state index contributed by atoms with van der Waals surface area (Å²) in [5, 5.41) is 6.18. The minimum Gasteiger partial charge on any atom is -0.469 e. The zero-order valence-corrected chi connectivity index (χ0v) is 24.7. The van der Waals surface area contributed by atoms with Crippen molar-refractivity contribution in [2.45, 2.75) is 12.8 Å². The zero-order chi connectivity index (χ0) is 30.5. The highest BCUT2D eigenvalue weighted by atomic mass is 19.1. The third kappa shape index (κ3) is 7.10. The van der Waals surface area contributed by atoms with Gasteiger partial charge in [0.05, 0.1) is 30.6 Å². The standard InChI is InChI=1S/C33H36FN5O4/c1-37-15-17-39(18-16-37)21-29(40)38(2)26-11-9-25(10-12-26)35-32(23-6-4-5-22(19-23)7-14-30(41)43-3)31-27-13-8-24(34)20-28(27)36-33(31)42/h4-6,8-13,19-20,35H,7,14-18,21H2,1-3H3,(H,36,42)/b32-31-. The average Bonchev–Trinajstić information content (AvgIpc) is 3.34. The first kappa shape index (κ1) is 29.9. The Labute approximate surface area is 250 Å². The van der Waals surface area contributed by atoms with Crippen LogP contribution in [0.3, 0.4) is 0 Å². The summed E-state index contributed by atoms with van der Waals surface area (Å²) in [5.41, 5.74) is 4.98. The molecule has 0 spiro atoms. The molecule has 1 fully saturated rings. The van der Waals surface area contributed by atoms with Crippen LogP contribution in [0.1, 0.15) is 23.1 Å². The highest BCUT2D eigenvalue weighted by Gasteiger charge is 2.29. The highest BCUT2D eigenvalue weighted by Crippen LogP contribution is 2.38. The average molecular weight is 586 g/mol. The molecule has 1 saturated heterocycles. The van der Waals surface area contributed by atoms with Gasteiger partial charge in [-0.05, 0) is 73.1 Å². The molecule has 0 saturated carbocycles. The lowest BCUT2D eigenvalue weighted by molar-refractivity contribution is -0.140. The van der Waals surface area contributed by atoms with Crippen molar-refractivity contribution >= 4 is 46.1 Å². The van der Waals surface area contributed by atoms with Gasteiger partial charge >= 0.3 is 5.97 Å². The Morgan fingerprint density at radius 3 is 2.49 bits per heavy atom. The number of piperazine rings is 1. The number of nitrogens with one attached hydrogen (secondary N) is 2. The van der Waals surface area contributed by atoms with Crippen molar-refractivity contribution < 1.29 is 23.5 Å². The lowest BCUT2D eigenvalue weighted by Crippen LogP contribution is -2.48. The summed E-state index contributed by atoms with van der Waals surface area (Å²) in [7, 11) is 5.21. The third-order valence-corrected chi connectivity index (χ3v) is 7.89. The van der Waals surface area contributed by atoms with Crippen molar-refractivity contribution in [3.05, 3.63) is 89.2 Å². The van der Waals surface area contributed by atoms with Gasteiger partial charge in [-0.25, -0.2) is 4.39 Å². The monoisotopic (exact) mass is 585 g/mol. The first-order valence-corrected chi connectivity index (χ1v) is 14.3. The van der Waals surface area contributed by atoms with Crippen molar-refractivity contribution in [3.63, 3.8) is 0 Å². The number of nitrogens with zero attached hydrogens (tertiary/aromatic N) is 3. The molecule has 2 amide bonds. The van der Waals surface area contributed by atoms with E-state index in [-0.39, 0.29) is 24.2 Å². The van der Waals surface area contributed by atoms with E-state index in [0.29, 0.717) is 41.2 Å². The topological polar surface area (TPSA) is 94.2 Å². The number of carbonyl (C=O) groups excluding carboxylic acids is 3. The molecule has 9 nitrogen and oxygen atoms in total. The number of benzene rings is 3. The van der Waals surface area contributed by atoms with Crippen molar-refractivity contribution in [1.29, 1.82) is 0 Å². The van der Waals surface area contributed by atoms with Crippen molar-refractivity contribution in [2.75, 3.05) is 69.5 Å². The number of rotatable bonds is 9. The SMILES string of the molecule is COC(=O)CCc1cccc(/C(Nc2ccc(N(C)C(=O)CN3CCN(C)CC3)cc2)=C2/C(=O)Nc3cc(F)ccc32)c1. The second kappa shape index (κ2) is 13.2. The Morgan fingerprint density at radius 2 is 1.77 bits per heavy atom. The van der Waals surface area contributed by atoms with E-state index >= 15 is 0 Å². The molecule has 224 valence electrons. The van der Waals surface area contributed by atoms with Crippen LogP contribution < -0.4 is 15.5 Å². The number of likely N-dealkylation sites (N-methyl/N-ethyl adjacent to an activating group) is 2. The number of fused-ring (bicyclic) bond motifs is 1. The van der Waals surface area contributed by atoms with Crippen LogP contribution in [-0.4, -0.2) is 81.5 Å². The summed E-state index contributed by atoms with van der Waals surface area (Å²) < 4.78 is 18.8. The van der Waals surface area contributed by atoms with E-state index < -0.39 is 5.82 Å². The summed E-state index contributed by atoms with van der Waals surface area (Å²) >= 11 is 0. The molecule has 3 aromatic rings. The first-order chi connectivity index (χ1) is 20.7. The van der Waals surface area contributed by atoms with Crippen LogP contribution in [0.25, 0.3) is 11.3 Å². The summed E-state index contributed by atoms with van der Waals surface area (Å²) in [6, 6.07) is 19.2. The fourth-order valence-corrected chi connectivity index (χ4v) is 5.26. The van der Waals surface area contributed by atoms with Crippen LogP contribution in [0.15, 0.2) is 66.7 Å². The van der Waals surface area contributed by atoms with Gasteiger partial charge in [-0.1, -0.05) is 18.2 Å². The molecule has 2 N–H and O–H groups in total. The first-order valence-electron chi connectivity index (χ1n) is 14.3. The van der Waals surface area contributed by atoms with Crippen LogP contribution in [-0.2, 0) is 25.5 Å². The number of anilines is 3. The Balaban J connectivity index is 1.42. The molecule has 2 aliphatic rings. The van der Waals surface area contributed by atoms with Gasteiger partial charge in [-0.15, -0.1) is 0 Å². The van der Waals surface area contributed by atoms with E-state index in [0.717, 1.165) is 43.0 Å². The Bertz CT molecular complexity index is 1550. The molecule has 5 rings (SSSR count). The van der Waals surface area contributed by atoms with Crippen LogP contribution in [0, 0.1) is 5.82 Å². The zero-order valence-electron chi connectivity index (χ0n) is 24.7. The number of methoxy groups -OCH3 is 1. The molecule has 3 aromatic carbocycles. The van der Waals surface area contributed by atoms with Gasteiger partial charge in [-0.2, -0.15) is 0 Å². The van der Waals surface area contributed by atoms with Gasteiger partial charge in [0.15, 0.2) is 0 Å². The summed E-state index contributed by atoms with van der Waals surface area (Å²) in [6.07, 6.45) is 0.699. The minimum atomic E-state index is -0.443. The van der Waals surface area contributed by atoms with Crippen molar-refractivity contribution in [3.8, 4) is 0 Å². The maximum absolute atomic E-state index is 14.0. The summed E-state index contributed by atoms with van der Waals surface area (Å²) in [6.45, 7) is 3.98. The normalized spacial score (nSPS) is 16.3. The number of esters is 1. The number of ether oxygens (including phenoxy) is 1. The van der Waals surface area contributed by atoms with Gasteiger partial charge in [0.1, 0.15) is 5.82 Å². The summed E-state index contributed by atoms with van der Waals surface area (Å²) in [4.78, 5) is 44.0. The maximum atomic E-state index is 14.0. The minimum absolute atomic E-state index is 0.0169. The lowest BCUT2D eigenvalue weighted by atomic mass is 9.97. The van der Waals surface area contributed by atoms with Gasteiger partial charge in [0.2, 0.25) is 5.91 Å². The molecule has 0 aromatic heterocycles. The van der Waals surface area contributed by atoms with E-state index in [1.54, 1.807) is 18.0 Å². The Hall–Kier alpha value is -4.54. The van der Waals surface area contributed by atoms with E-state index in [4.69, 9.17) is 4.74 Å². The number of aryl methyl sites for hydroxylation is 1. The molecule has 2 heterocycles. The second-order valence-corrected chi connectivity index (χ2v) is 10.9. The van der Waals surface area contributed by atoms with Crippen LogP contribution in [0.5, 0.6) is 0 Å². The molecule has 0 bridgehead atoms. The molecule has 0 unspecified atom stereocenters. The fourth-order valence-electron chi connectivity index (χ4n) is 5.26. The number of hydrogen-bond donors (Lipinski definition) is 2. The molecule has 0 radical (unpaired) electrons. The largest absolute Gasteiger partial charge is 0.469 e. The predicted octanol–water partition coefficient (Wildman–Crippen LogP) is 4.07. The van der Waals surface area contributed by atoms with Crippen molar-refractivity contribution in [1.82, 2.24) is 9.80 Å². The molecular weight excluding hydrogens is 549 g/mol. The van der Waals surface area contributed by atoms with E-state index in [1.165, 1.54) is 19.2 Å². The van der Waals surface area contributed by atoms with Crippen LogP contribution in [0.2, 0.25) is 0 Å².